The number of hydrogen-bond donors (Lipinski definition) is 0. The maximum Gasteiger partial charge on any atom is 0.191 e. The maximum absolute atomic E-state index is 13.0. The molecule has 2 aromatic carbocycles. The fourth-order valence-corrected chi connectivity index (χ4v) is 3.05. The zero-order chi connectivity index (χ0) is 16.9. The van der Waals surface area contributed by atoms with Gasteiger partial charge >= 0.3 is 0 Å². The molecule has 0 aliphatic carbocycles. The van der Waals surface area contributed by atoms with Crippen molar-refractivity contribution in [3.63, 3.8) is 0 Å². The SMILES string of the molecule is Cn1c(SCCOc2cccc(Cl)c2)nnc1-c1ccc(F)cc1. The molecule has 3 rings (SSSR count). The van der Waals surface area contributed by atoms with Crippen molar-refractivity contribution in [1.82, 2.24) is 14.8 Å². The van der Waals surface area contributed by atoms with Crippen molar-refractivity contribution in [3.8, 4) is 17.1 Å². The van der Waals surface area contributed by atoms with Crippen LogP contribution in [0.4, 0.5) is 4.39 Å². The standard InChI is InChI=1S/C17H15ClFN3OS/c1-22-16(12-5-7-14(19)8-6-12)20-21-17(22)24-10-9-23-15-4-2-3-13(18)11-15/h2-8,11H,9-10H2,1H3. The highest BCUT2D eigenvalue weighted by Gasteiger charge is 2.11. The summed E-state index contributed by atoms with van der Waals surface area (Å²) in [5, 5.41) is 9.79. The third-order valence-electron chi connectivity index (χ3n) is 3.32. The lowest BCUT2D eigenvalue weighted by Gasteiger charge is -2.06. The summed E-state index contributed by atoms with van der Waals surface area (Å²) in [4.78, 5) is 0. The number of thioether (sulfide) groups is 1. The second-order valence-electron chi connectivity index (χ2n) is 5.03. The third-order valence-corrected chi connectivity index (χ3v) is 4.54. The van der Waals surface area contributed by atoms with E-state index in [1.54, 1.807) is 36.0 Å². The summed E-state index contributed by atoms with van der Waals surface area (Å²) in [6.45, 7) is 0.531. The second kappa shape index (κ2) is 7.68. The molecular weight excluding hydrogens is 349 g/mol. The molecule has 0 atom stereocenters. The summed E-state index contributed by atoms with van der Waals surface area (Å²) in [5.41, 5.74) is 0.827. The Balaban J connectivity index is 1.57. The Morgan fingerprint density at radius 2 is 1.96 bits per heavy atom. The molecule has 124 valence electrons. The Bertz CT molecular complexity index is 823. The van der Waals surface area contributed by atoms with Gasteiger partial charge in [-0.05, 0) is 42.5 Å². The van der Waals surface area contributed by atoms with Gasteiger partial charge in [-0.1, -0.05) is 29.4 Å². The van der Waals surface area contributed by atoms with E-state index in [2.05, 4.69) is 10.2 Å². The number of halogens is 2. The Morgan fingerprint density at radius 3 is 2.71 bits per heavy atom. The molecule has 0 saturated carbocycles. The maximum atomic E-state index is 13.0. The molecular formula is C17H15ClFN3OS. The predicted molar refractivity (Wildman–Crippen MR) is 94.1 cm³/mol. The molecule has 4 nitrogen and oxygen atoms in total. The zero-order valence-electron chi connectivity index (χ0n) is 12.9. The number of hydrogen-bond acceptors (Lipinski definition) is 4. The smallest absolute Gasteiger partial charge is 0.191 e. The number of rotatable bonds is 6. The van der Waals surface area contributed by atoms with Crippen molar-refractivity contribution in [2.75, 3.05) is 12.4 Å². The summed E-state index contributed by atoms with van der Waals surface area (Å²) in [5.74, 6) is 1.90. The van der Waals surface area contributed by atoms with Gasteiger partial charge in [0.05, 0.1) is 6.61 Å². The van der Waals surface area contributed by atoms with Gasteiger partial charge in [0.1, 0.15) is 11.6 Å². The number of aromatic nitrogens is 3. The van der Waals surface area contributed by atoms with Crippen LogP contribution in [0.5, 0.6) is 5.75 Å². The van der Waals surface area contributed by atoms with Gasteiger partial charge in [0.2, 0.25) is 0 Å². The molecule has 0 bridgehead atoms. The van der Waals surface area contributed by atoms with Gasteiger partial charge in [-0.2, -0.15) is 0 Å². The van der Waals surface area contributed by atoms with Crippen molar-refractivity contribution >= 4 is 23.4 Å². The molecule has 0 saturated heterocycles. The molecule has 24 heavy (non-hydrogen) atoms. The fraction of sp³-hybridized carbons (Fsp3) is 0.176. The molecule has 0 amide bonds. The highest BCUT2D eigenvalue weighted by Crippen LogP contribution is 2.23. The average molecular weight is 364 g/mol. The Morgan fingerprint density at radius 1 is 1.17 bits per heavy atom. The van der Waals surface area contributed by atoms with Crippen LogP contribution in [0.2, 0.25) is 5.02 Å². The van der Waals surface area contributed by atoms with Gasteiger partial charge in [0, 0.05) is 23.4 Å². The van der Waals surface area contributed by atoms with E-state index in [0.717, 1.165) is 22.2 Å². The minimum Gasteiger partial charge on any atom is -0.493 e. The van der Waals surface area contributed by atoms with Crippen molar-refractivity contribution in [2.45, 2.75) is 5.16 Å². The molecule has 1 aromatic heterocycles. The van der Waals surface area contributed by atoms with Crippen LogP contribution >= 0.6 is 23.4 Å². The summed E-state index contributed by atoms with van der Waals surface area (Å²) >= 11 is 7.46. The van der Waals surface area contributed by atoms with Gasteiger partial charge in [-0.15, -0.1) is 10.2 Å². The molecule has 0 spiro atoms. The van der Waals surface area contributed by atoms with E-state index in [-0.39, 0.29) is 5.82 Å². The van der Waals surface area contributed by atoms with E-state index in [4.69, 9.17) is 16.3 Å². The highest BCUT2D eigenvalue weighted by atomic mass is 35.5. The van der Waals surface area contributed by atoms with Crippen LogP contribution in [0.1, 0.15) is 0 Å². The zero-order valence-corrected chi connectivity index (χ0v) is 14.5. The molecule has 0 N–H and O–H groups in total. The molecule has 3 aromatic rings. The number of benzene rings is 2. The summed E-state index contributed by atoms with van der Waals surface area (Å²) in [6, 6.07) is 13.5. The van der Waals surface area contributed by atoms with Gasteiger partial charge in [-0.3, -0.25) is 0 Å². The van der Waals surface area contributed by atoms with Gasteiger partial charge in [0.15, 0.2) is 11.0 Å². The van der Waals surface area contributed by atoms with Crippen LogP contribution in [0.15, 0.2) is 53.7 Å². The largest absolute Gasteiger partial charge is 0.493 e. The summed E-state index contributed by atoms with van der Waals surface area (Å²) < 4.78 is 20.5. The molecule has 0 radical (unpaired) electrons. The Labute approximate surface area is 148 Å². The van der Waals surface area contributed by atoms with E-state index < -0.39 is 0 Å². The van der Waals surface area contributed by atoms with Crippen LogP contribution in [-0.2, 0) is 7.05 Å². The van der Waals surface area contributed by atoms with E-state index in [0.29, 0.717) is 17.5 Å². The lowest BCUT2D eigenvalue weighted by atomic mass is 10.2. The van der Waals surface area contributed by atoms with Crippen LogP contribution in [-0.4, -0.2) is 27.1 Å². The fourth-order valence-electron chi connectivity index (χ4n) is 2.14. The molecule has 0 aliphatic rings. The minimum absolute atomic E-state index is 0.270. The monoisotopic (exact) mass is 363 g/mol. The summed E-state index contributed by atoms with van der Waals surface area (Å²) in [7, 11) is 1.89. The van der Waals surface area contributed by atoms with Gasteiger partial charge < -0.3 is 9.30 Å². The topological polar surface area (TPSA) is 39.9 Å². The first-order valence-electron chi connectivity index (χ1n) is 7.30. The van der Waals surface area contributed by atoms with E-state index in [1.165, 1.54) is 12.1 Å². The van der Waals surface area contributed by atoms with E-state index in [1.807, 2.05) is 23.7 Å². The van der Waals surface area contributed by atoms with Crippen LogP contribution < -0.4 is 4.74 Å². The summed E-state index contributed by atoms with van der Waals surface area (Å²) in [6.07, 6.45) is 0. The van der Waals surface area contributed by atoms with Crippen LogP contribution in [0.3, 0.4) is 0 Å². The first kappa shape index (κ1) is 16.8. The molecule has 0 fully saturated rings. The first-order chi connectivity index (χ1) is 11.6. The normalized spacial score (nSPS) is 10.8. The van der Waals surface area contributed by atoms with E-state index >= 15 is 0 Å². The quantitative estimate of drug-likeness (QED) is 0.479. The second-order valence-corrected chi connectivity index (χ2v) is 6.52. The van der Waals surface area contributed by atoms with Crippen molar-refractivity contribution in [1.29, 1.82) is 0 Å². The molecule has 0 aliphatic heterocycles. The lowest BCUT2D eigenvalue weighted by Crippen LogP contribution is -2.02. The first-order valence-corrected chi connectivity index (χ1v) is 8.66. The predicted octanol–water partition coefficient (Wildman–Crippen LogP) is 4.45. The number of nitrogens with zero attached hydrogens (tertiary/aromatic N) is 3. The number of ether oxygens (including phenoxy) is 1. The lowest BCUT2D eigenvalue weighted by molar-refractivity contribution is 0.344. The Hall–Kier alpha value is -2.05. The molecule has 7 heteroatoms. The van der Waals surface area contributed by atoms with E-state index in [9.17, 15) is 4.39 Å². The van der Waals surface area contributed by atoms with Crippen LogP contribution in [0.25, 0.3) is 11.4 Å². The molecule has 1 heterocycles. The van der Waals surface area contributed by atoms with Gasteiger partial charge in [-0.25, -0.2) is 4.39 Å². The van der Waals surface area contributed by atoms with Gasteiger partial charge in [0.25, 0.3) is 0 Å². The molecule has 0 unspecified atom stereocenters. The van der Waals surface area contributed by atoms with Crippen LogP contribution in [0, 0.1) is 5.82 Å². The Kier molecular flexibility index (Phi) is 5.37. The van der Waals surface area contributed by atoms with Crippen molar-refractivity contribution in [3.05, 3.63) is 59.4 Å². The highest BCUT2D eigenvalue weighted by molar-refractivity contribution is 7.99. The average Bonchev–Trinajstić information content (AvgIpc) is 2.93. The van der Waals surface area contributed by atoms with Crippen molar-refractivity contribution in [2.24, 2.45) is 7.05 Å². The van der Waals surface area contributed by atoms with Crippen molar-refractivity contribution < 1.29 is 9.13 Å². The third kappa shape index (κ3) is 4.07. The minimum atomic E-state index is -0.270.